The van der Waals surface area contributed by atoms with Crippen molar-refractivity contribution in [3.8, 4) is 5.75 Å². The van der Waals surface area contributed by atoms with Crippen molar-refractivity contribution < 1.29 is 18.7 Å². The van der Waals surface area contributed by atoms with E-state index in [1.807, 2.05) is 47.4 Å². The Morgan fingerprint density at radius 3 is 2.31 bits per heavy atom. The molecule has 0 N–H and O–H groups in total. The molecule has 0 radical (unpaired) electrons. The van der Waals surface area contributed by atoms with Crippen LogP contribution in [0.3, 0.4) is 0 Å². The Hall–Kier alpha value is -3.41. The molecule has 32 heavy (non-hydrogen) atoms. The second-order valence-electron chi connectivity index (χ2n) is 8.50. The van der Waals surface area contributed by atoms with Crippen LogP contribution >= 0.6 is 0 Å². The summed E-state index contributed by atoms with van der Waals surface area (Å²) in [4.78, 5) is 29.0. The third-order valence-electron chi connectivity index (χ3n) is 6.43. The van der Waals surface area contributed by atoms with Gasteiger partial charge < -0.3 is 14.5 Å². The van der Waals surface area contributed by atoms with Crippen LogP contribution in [-0.4, -0.2) is 54.4 Å². The number of amides is 2. The predicted molar refractivity (Wildman–Crippen MR) is 120 cm³/mol. The van der Waals surface area contributed by atoms with Gasteiger partial charge in [-0.25, -0.2) is 4.39 Å². The first-order valence-electron chi connectivity index (χ1n) is 11.0. The number of ether oxygens (including phenoxy) is 1. The van der Waals surface area contributed by atoms with Crippen LogP contribution in [0.4, 0.5) is 4.39 Å². The summed E-state index contributed by atoms with van der Waals surface area (Å²) < 4.78 is 18.8. The zero-order valence-electron chi connectivity index (χ0n) is 17.7. The summed E-state index contributed by atoms with van der Waals surface area (Å²) in [5, 5.41) is 2.20. The van der Waals surface area contributed by atoms with Crippen LogP contribution < -0.4 is 4.74 Å². The number of piperazine rings is 1. The summed E-state index contributed by atoms with van der Waals surface area (Å²) in [5.41, 5.74) is 1.02. The second kappa shape index (κ2) is 8.61. The predicted octanol–water partition coefficient (Wildman–Crippen LogP) is 3.83. The van der Waals surface area contributed by atoms with Crippen LogP contribution in [0.2, 0.25) is 0 Å². The number of hydrogen-bond acceptors (Lipinski definition) is 3. The second-order valence-corrected chi connectivity index (χ2v) is 8.50. The summed E-state index contributed by atoms with van der Waals surface area (Å²) in [5.74, 6) is 0.630. The van der Waals surface area contributed by atoms with E-state index in [1.54, 1.807) is 17.0 Å². The normalized spacial score (nSPS) is 20.3. The quantitative estimate of drug-likeness (QED) is 0.616. The van der Waals surface area contributed by atoms with Crippen molar-refractivity contribution in [3.05, 3.63) is 78.1 Å². The summed E-state index contributed by atoms with van der Waals surface area (Å²) in [6.07, 6.45) is 0.809. The molecule has 164 valence electrons. The lowest BCUT2D eigenvalue weighted by molar-refractivity contribution is -0.141. The first kappa shape index (κ1) is 20.5. The van der Waals surface area contributed by atoms with E-state index in [4.69, 9.17) is 4.74 Å². The van der Waals surface area contributed by atoms with Gasteiger partial charge in [0.25, 0.3) is 5.91 Å². The molecule has 1 saturated heterocycles. The van der Waals surface area contributed by atoms with E-state index < -0.39 is 0 Å². The van der Waals surface area contributed by atoms with Gasteiger partial charge in [-0.3, -0.25) is 9.59 Å². The van der Waals surface area contributed by atoms with Gasteiger partial charge in [0.1, 0.15) is 11.6 Å². The Bertz CT molecular complexity index is 1140. The monoisotopic (exact) mass is 432 g/mol. The fourth-order valence-electron chi connectivity index (χ4n) is 4.45. The highest BCUT2D eigenvalue weighted by molar-refractivity contribution is 5.85. The number of hydrogen-bond donors (Lipinski definition) is 0. The fraction of sp³-hybridized carbons (Fsp3) is 0.308. The van der Waals surface area contributed by atoms with Crippen LogP contribution in [0.15, 0.2) is 66.7 Å². The van der Waals surface area contributed by atoms with E-state index in [1.165, 1.54) is 12.1 Å². The molecule has 1 saturated carbocycles. The third kappa shape index (κ3) is 4.31. The lowest BCUT2D eigenvalue weighted by Gasteiger charge is -2.35. The van der Waals surface area contributed by atoms with E-state index in [-0.39, 0.29) is 36.1 Å². The highest BCUT2D eigenvalue weighted by Gasteiger charge is 2.46. The van der Waals surface area contributed by atoms with Crippen molar-refractivity contribution in [2.45, 2.75) is 12.3 Å². The first-order valence-corrected chi connectivity index (χ1v) is 11.0. The third-order valence-corrected chi connectivity index (χ3v) is 6.43. The number of rotatable bonds is 5. The molecule has 2 amide bonds. The Morgan fingerprint density at radius 1 is 0.875 bits per heavy atom. The Kier molecular flexibility index (Phi) is 5.52. The Morgan fingerprint density at radius 2 is 1.56 bits per heavy atom. The zero-order valence-corrected chi connectivity index (χ0v) is 17.7. The van der Waals surface area contributed by atoms with E-state index in [2.05, 4.69) is 0 Å². The zero-order chi connectivity index (χ0) is 22.1. The molecule has 2 fully saturated rings. The molecule has 1 aliphatic heterocycles. The maximum atomic E-state index is 13.1. The number of fused-ring (bicyclic) bond motifs is 1. The minimum absolute atomic E-state index is 0.0123. The summed E-state index contributed by atoms with van der Waals surface area (Å²) in [7, 11) is 0. The topological polar surface area (TPSA) is 49.9 Å². The van der Waals surface area contributed by atoms with Crippen LogP contribution in [0.25, 0.3) is 10.8 Å². The van der Waals surface area contributed by atoms with E-state index in [9.17, 15) is 14.0 Å². The molecule has 2 atom stereocenters. The van der Waals surface area contributed by atoms with Crippen LogP contribution in [-0.2, 0) is 9.59 Å². The molecule has 2 aliphatic rings. The highest BCUT2D eigenvalue weighted by Crippen LogP contribution is 2.48. The van der Waals surface area contributed by atoms with Crippen molar-refractivity contribution in [3.63, 3.8) is 0 Å². The molecule has 0 bridgehead atoms. The number of carbonyl (C=O) groups is 2. The molecular weight excluding hydrogens is 407 g/mol. The SMILES string of the molecule is O=C(COc1ccc2ccccc2c1)N1CCN(C(=O)C2CC2c2ccc(F)cc2)CC1. The first-order chi connectivity index (χ1) is 15.6. The standard InChI is InChI=1S/C26H25FN2O3/c27-21-8-5-19(6-9-21)23-16-24(23)26(31)29-13-11-28(12-14-29)25(30)17-32-22-10-7-18-3-1-2-4-20(18)15-22/h1-10,15,23-24H,11-14,16-17H2. The molecule has 5 rings (SSSR count). The summed E-state index contributed by atoms with van der Waals surface area (Å²) in [6, 6.07) is 20.2. The molecule has 3 aromatic carbocycles. The highest BCUT2D eigenvalue weighted by atomic mass is 19.1. The number of halogens is 1. The van der Waals surface area contributed by atoms with Gasteiger partial charge in [-0.15, -0.1) is 0 Å². The largest absolute Gasteiger partial charge is 0.484 e. The smallest absolute Gasteiger partial charge is 0.260 e. The Balaban J connectivity index is 1.10. The lowest BCUT2D eigenvalue weighted by Crippen LogP contribution is -2.52. The van der Waals surface area contributed by atoms with Crippen molar-refractivity contribution >= 4 is 22.6 Å². The molecule has 6 heteroatoms. The molecule has 0 aromatic heterocycles. The summed E-state index contributed by atoms with van der Waals surface area (Å²) in [6.45, 7) is 2.08. The van der Waals surface area contributed by atoms with Crippen molar-refractivity contribution in [2.24, 2.45) is 5.92 Å². The average molecular weight is 432 g/mol. The van der Waals surface area contributed by atoms with E-state index in [0.29, 0.717) is 31.9 Å². The fourth-order valence-corrected chi connectivity index (χ4v) is 4.45. The van der Waals surface area contributed by atoms with Gasteiger partial charge >= 0.3 is 0 Å². The molecule has 1 heterocycles. The number of benzene rings is 3. The van der Waals surface area contributed by atoms with E-state index >= 15 is 0 Å². The molecular formula is C26H25FN2O3. The van der Waals surface area contributed by atoms with Gasteiger partial charge in [0, 0.05) is 32.1 Å². The van der Waals surface area contributed by atoms with Gasteiger partial charge in [-0.05, 0) is 52.9 Å². The van der Waals surface area contributed by atoms with Crippen LogP contribution in [0.1, 0.15) is 17.9 Å². The van der Waals surface area contributed by atoms with Crippen molar-refractivity contribution in [1.82, 2.24) is 9.80 Å². The molecule has 3 aromatic rings. The molecule has 0 spiro atoms. The Labute approximate surface area is 186 Å². The molecule has 1 aliphatic carbocycles. The summed E-state index contributed by atoms with van der Waals surface area (Å²) >= 11 is 0. The van der Waals surface area contributed by atoms with Gasteiger partial charge in [-0.1, -0.05) is 42.5 Å². The average Bonchev–Trinajstić information content (AvgIpc) is 3.63. The van der Waals surface area contributed by atoms with Crippen LogP contribution in [0.5, 0.6) is 5.75 Å². The molecule has 2 unspecified atom stereocenters. The maximum Gasteiger partial charge on any atom is 0.260 e. The number of nitrogens with zero attached hydrogens (tertiary/aromatic N) is 2. The van der Waals surface area contributed by atoms with Gasteiger partial charge in [0.15, 0.2) is 6.61 Å². The van der Waals surface area contributed by atoms with Crippen LogP contribution in [0, 0.1) is 11.7 Å². The minimum atomic E-state index is -0.261. The van der Waals surface area contributed by atoms with Crippen molar-refractivity contribution in [1.29, 1.82) is 0 Å². The minimum Gasteiger partial charge on any atom is -0.484 e. The number of carbonyl (C=O) groups excluding carboxylic acids is 2. The lowest BCUT2D eigenvalue weighted by atomic mass is 10.1. The van der Waals surface area contributed by atoms with E-state index in [0.717, 1.165) is 22.8 Å². The maximum absolute atomic E-state index is 13.1. The van der Waals surface area contributed by atoms with Gasteiger partial charge in [-0.2, -0.15) is 0 Å². The van der Waals surface area contributed by atoms with Gasteiger partial charge in [0.2, 0.25) is 5.91 Å². The van der Waals surface area contributed by atoms with Gasteiger partial charge in [0.05, 0.1) is 0 Å². The molecule has 5 nitrogen and oxygen atoms in total. The van der Waals surface area contributed by atoms with Crippen molar-refractivity contribution in [2.75, 3.05) is 32.8 Å².